The first-order valence-corrected chi connectivity index (χ1v) is 9.53. The Morgan fingerprint density at radius 3 is 2.48 bits per heavy atom. The summed E-state index contributed by atoms with van der Waals surface area (Å²) in [6, 6.07) is 10.2. The van der Waals surface area contributed by atoms with Gasteiger partial charge in [-0.25, -0.2) is 9.97 Å². The molecule has 0 N–H and O–H groups in total. The van der Waals surface area contributed by atoms with Crippen molar-refractivity contribution in [1.29, 1.82) is 0 Å². The first-order valence-electron chi connectivity index (χ1n) is 9.53. The number of hydrogen-bond acceptors (Lipinski definition) is 5. The van der Waals surface area contributed by atoms with E-state index in [1.54, 1.807) is 10.8 Å². The highest BCUT2D eigenvalue weighted by Gasteiger charge is 2.18. The van der Waals surface area contributed by atoms with E-state index in [0.29, 0.717) is 23.4 Å². The van der Waals surface area contributed by atoms with Crippen molar-refractivity contribution in [1.82, 2.24) is 19.4 Å². The average molecular weight is 363 g/mol. The zero-order valence-electron chi connectivity index (χ0n) is 15.9. The second-order valence-corrected chi connectivity index (χ2v) is 7.12. The summed E-state index contributed by atoms with van der Waals surface area (Å²) in [5, 5.41) is 0.570. The highest BCUT2D eigenvalue weighted by atomic mass is 16.1. The maximum atomic E-state index is 12.8. The number of fused-ring (bicyclic) bond motifs is 1. The van der Waals surface area contributed by atoms with Gasteiger partial charge in [0.15, 0.2) is 0 Å². The summed E-state index contributed by atoms with van der Waals surface area (Å²) < 4.78 is 1.72. The monoisotopic (exact) mass is 363 g/mol. The lowest BCUT2D eigenvalue weighted by Gasteiger charge is -2.34. The van der Waals surface area contributed by atoms with E-state index in [2.05, 4.69) is 57.9 Å². The molecule has 140 valence electrons. The van der Waals surface area contributed by atoms with Crippen LogP contribution in [0.3, 0.4) is 0 Å². The molecule has 0 unspecified atom stereocenters. The second kappa shape index (κ2) is 7.48. The Labute approximate surface area is 159 Å². The van der Waals surface area contributed by atoms with Crippen LogP contribution < -0.4 is 10.5 Å². The second-order valence-electron chi connectivity index (χ2n) is 7.12. The molecule has 3 heterocycles. The molecule has 1 aliphatic heterocycles. The summed E-state index contributed by atoms with van der Waals surface area (Å²) >= 11 is 0. The van der Waals surface area contributed by atoms with Crippen molar-refractivity contribution in [3.63, 3.8) is 0 Å². The van der Waals surface area contributed by atoms with Crippen molar-refractivity contribution in [3.8, 4) is 0 Å². The zero-order chi connectivity index (χ0) is 18.8. The van der Waals surface area contributed by atoms with Gasteiger partial charge in [0.25, 0.3) is 5.56 Å². The van der Waals surface area contributed by atoms with Gasteiger partial charge in [-0.05, 0) is 25.1 Å². The first-order chi connectivity index (χ1) is 13.1. The van der Waals surface area contributed by atoms with Crippen LogP contribution in [0, 0.1) is 6.92 Å². The average Bonchev–Trinajstić information content (AvgIpc) is 2.71. The van der Waals surface area contributed by atoms with Gasteiger partial charge in [0.2, 0.25) is 5.95 Å². The van der Waals surface area contributed by atoms with Crippen molar-refractivity contribution in [3.05, 3.63) is 64.2 Å². The van der Waals surface area contributed by atoms with E-state index in [1.807, 2.05) is 12.3 Å². The number of nitrogens with zero attached hydrogens (tertiary/aromatic N) is 5. The lowest BCUT2D eigenvalue weighted by Crippen LogP contribution is -2.46. The number of aryl methyl sites for hydroxylation is 1. The van der Waals surface area contributed by atoms with E-state index >= 15 is 0 Å². The molecular formula is C21H25N5O. The van der Waals surface area contributed by atoms with Crippen LogP contribution in [0.25, 0.3) is 10.9 Å². The van der Waals surface area contributed by atoms with E-state index in [4.69, 9.17) is 0 Å². The summed E-state index contributed by atoms with van der Waals surface area (Å²) in [6.07, 6.45) is 3.51. The molecular weight excluding hydrogens is 338 g/mol. The third-order valence-electron chi connectivity index (χ3n) is 5.29. The van der Waals surface area contributed by atoms with E-state index in [1.165, 1.54) is 5.56 Å². The van der Waals surface area contributed by atoms with Crippen LogP contribution in [0.4, 0.5) is 5.95 Å². The molecule has 1 fully saturated rings. The van der Waals surface area contributed by atoms with E-state index in [0.717, 1.165) is 38.3 Å². The largest absolute Gasteiger partial charge is 0.338 e. The number of benzene rings is 1. The third kappa shape index (κ3) is 3.71. The number of piperazine rings is 1. The predicted octanol–water partition coefficient (Wildman–Crippen LogP) is 2.29. The minimum absolute atomic E-state index is 0.0459. The van der Waals surface area contributed by atoms with Gasteiger partial charge in [-0.3, -0.25) is 4.79 Å². The predicted molar refractivity (Wildman–Crippen MR) is 108 cm³/mol. The van der Waals surface area contributed by atoms with Crippen LogP contribution in [-0.4, -0.2) is 52.2 Å². The fourth-order valence-electron chi connectivity index (χ4n) is 3.49. The molecule has 0 aliphatic carbocycles. The smallest absolute Gasteiger partial charge is 0.261 e. The molecule has 0 radical (unpaired) electrons. The molecule has 0 bridgehead atoms. The van der Waals surface area contributed by atoms with Crippen LogP contribution >= 0.6 is 0 Å². The maximum Gasteiger partial charge on any atom is 0.261 e. The Kier molecular flexibility index (Phi) is 4.90. The molecule has 4 rings (SSSR count). The van der Waals surface area contributed by atoms with Crippen molar-refractivity contribution in [2.45, 2.75) is 20.4 Å². The van der Waals surface area contributed by atoms with Gasteiger partial charge in [0.1, 0.15) is 0 Å². The quantitative estimate of drug-likeness (QED) is 0.712. The Balaban J connectivity index is 1.59. The fourth-order valence-corrected chi connectivity index (χ4v) is 3.49. The fraction of sp³-hybridized carbons (Fsp3) is 0.381. The minimum atomic E-state index is -0.0459. The number of anilines is 1. The Hall–Kier alpha value is -2.73. The molecule has 1 aliphatic rings. The summed E-state index contributed by atoms with van der Waals surface area (Å²) in [4.78, 5) is 26.6. The SMILES string of the molecule is CCN1CCN(c2ncc3c(=O)n(Cc4ccc(C)cc4)ccc3n2)CC1. The summed E-state index contributed by atoms with van der Waals surface area (Å²) in [5.41, 5.74) is 2.98. The van der Waals surface area contributed by atoms with Crippen molar-refractivity contribution < 1.29 is 0 Å². The summed E-state index contributed by atoms with van der Waals surface area (Å²) in [7, 11) is 0. The Morgan fingerprint density at radius 1 is 1.04 bits per heavy atom. The molecule has 2 aromatic heterocycles. The number of aromatic nitrogens is 3. The third-order valence-corrected chi connectivity index (χ3v) is 5.29. The molecule has 27 heavy (non-hydrogen) atoms. The molecule has 6 nitrogen and oxygen atoms in total. The van der Waals surface area contributed by atoms with E-state index in [9.17, 15) is 4.79 Å². The number of rotatable bonds is 4. The molecule has 0 saturated carbocycles. The normalized spacial score (nSPS) is 15.4. The molecule has 0 atom stereocenters. The van der Waals surface area contributed by atoms with Gasteiger partial charge in [0, 0.05) is 38.6 Å². The summed E-state index contributed by atoms with van der Waals surface area (Å²) in [5.74, 6) is 0.717. The highest BCUT2D eigenvalue weighted by Crippen LogP contribution is 2.15. The van der Waals surface area contributed by atoms with E-state index < -0.39 is 0 Å². The Morgan fingerprint density at radius 2 is 1.78 bits per heavy atom. The van der Waals surface area contributed by atoms with Gasteiger partial charge in [0.05, 0.1) is 17.4 Å². The topological polar surface area (TPSA) is 54.3 Å². The Bertz CT molecular complexity index is 988. The van der Waals surface area contributed by atoms with E-state index in [-0.39, 0.29) is 5.56 Å². The number of hydrogen-bond donors (Lipinski definition) is 0. The van der Waals surface area contributed by atoms with Crippen LogP contribution in [0.15, 0.2) is 47.5 Å². The van der Waals surface area contributed by atoms with Crippen molar-refractivity contribution in [2.75, 3.05) is 37.6 Å². The van der Waals surface area contributed by atoms with Gasteiger partial charge in [-0.15, -0.1) is 0 Å². The number of pyridine rings is 1. The standard InChI is InChI=1S/C21H25N5O/c1-3-24-10-12-25(13-11-24)21-22-14-18-19(23-21)8-9-26(20(18)27)15-17-6-4-16(2)5-7-17/h4-9,14H,3,10-13,15H2,1-2H3. The van der Waals surface area contributed by atoms with Crippen molar-refractivity contribution in [2.24, 2.45) is 0 Å². The van der Waals surface area contributed by atoms with Crippen LogP contribution in [0.2, 0.25) is 0 Å². The molecule has 0 amide bonds. The summed E-state index contributed by atoms with van der Waals surface area (Å²) in [6.45, 7) is 9.76. The number of likely N-dealkylation sites (N-methyl/N-ethyl adjacent to an activating group) is 1. The van der Waals surface area contributed by atoms with Crippen LogP contribution in [0.1, 0.15) is 18.1 Å². The first kappa shape index (κ1) is 17.7. The van der Waals surface area contributed by atoms with Gasteiger partial charge in [-0.1, -0.05) is 36.8 Å². The van der Waals surface area contributed by atoms with Crippen LogP contribution in [0.5, 0.6) is 0 Å². The minimum Gasteiger partial charge on any atom is -0.338 e. The molecule has 0 spiro atoms. The zero-order valence-corrected chi connectivity index (χ0v) is 15.9. The molecule has 1 saturated heterocycles. The molecule has 6 heteroatoms. The van der Waals surface area contributed by atoms with Gasteiger partial charge in [-0.2, -0.15) is 0 Å². The lowest BCUT2D eigenvalue weighted by atomic mass is 10.1. The van der Waals surface area contributed by atoms with Crippen molar-refractivity contribution >= 4 is 16.9 Å². The maximum absolute atomic E-state index is 12.8. The van der Waals surface area contributed by atoms with Gasteiger partial charge < -0.3 is 14.4 Å². The highest BCUT2D eigenvalue weighted by molar-refractivity contribution is 5.77. The lowest BCUT2D eigenvalue weighted by molar-refractivity contribution is 0.270. The van der Waals surface area contributed by atoms with Crippen LogP contribution in [-0.2, 0) is 6.54 Å². The van der Waals surface area contributed by atoms with Gasteiger partial charge >= 0.3 is 0 Å². The molecule has 3 aromatic rings. The molecule has 1 aromatic carbocycles.